The summed E-state index contributed by atoms with van der Waals surface area (Å²) in [5, 5.41) is 2.83. The number of ether oxygens (including phenoxy) is 1. The van der Waals surface area contributed by atoms with Crippen molar-refractivity contribution in [2.75, 3.05) is 39.1 Å². The van der Waals surface area contributed by atoms with Crippen LogP contribution in [0.15, 0.2) is 36.0 Å². The molecule has 0 aromatic heterocycles. The molecule has 0 spiro atoms. The maximum absolute atomic E-state index is 12.6. The van der Waals surface area contributed by atoms with Crippen molar-refractivity contribution < 1.29 is 14.3 Å². The van der Waals surface area contributed by atoms with Gasteiger partial charge in [-0.05, 0) is 44.9 Å². The molecule has 26 heavy (non-hydrogen) atoms. The maximum Gasteiger partial charge on any atom is 0.240 e. The molecule has 0 radical (unpaired) electrons. The highest BCUT2D eigenvalue weighted by Crippen LogP contribution is 2.22. The van der Waals surface area contributed by atoms with E-state index in [-0.39, 0.29) is 24.9 Å². The lowest BCUT2D eigenvalue weighted by atomic mass is 10.2. The van der Waals surface area contributed by atoms with Gasteiger partial charge in [-0.2, -0.15) is 0 Å². The summed E-state index contributed by atoms with van der Waals surface area (Å²) in [5.74, 6) is 0.582. The van der Waals surface area contributed by atoms with Crippen molar-refractivity contribution in [1.29, 1.82) is 0 Å². The van der Waals surface area contributed by atoms with Crippen molar-refractivity contribution in [3.05, 3.63) is 36.0 Å². The van der Waals surface area contributed by atoms with Gasteiger partial charge in [0.15, 0.2) is 0 Å². The molecular weight excluding hydrogens is 330 g/mol. The minimum Gasteiger partial charge on any atom is -0.497 e. The minimum absolute atomic E-state index is 0.0525. The Morgan fingerprint density at radius 2 is 2.08 bits per heavy atom. The molecule has 0 fully saturated rings. The summed E-state index contributed by atoms with van der Waals surface area (Å²) in [5.41, 5.74) is 1.81. The first kappa shape index (κ1) is 20.0. The summed E-state index contributed by atoms with van der Waals surface area (Å²) >= 11 is 0. The van der Waals surface area contributed by atoms with Crippen LogP contribution in [0.25, 0.3) is 0 Å². The number of carbonyl (C=O) groups excluding carboxylic acids is 2. The number of amides is 2. The standard InChI is InChI=1S/C20H29N3O3/c1-4-12-23(17-9-5-6-10-17)20(25)15-22(2)14-19(24)21-16-8-7-11-18(13-16)26-3/h7-9,11,13H,4-6,10,12,14-15H2,1-3H3,(H,21,24). The fourth-order valence-electron chi connectivity index (χ4n) is 3.07. The average Bonchev–Trinajstić information content (AvgIpc) is 3.13. The fraction of sp³-hybridized carbons (Fsp3) is 0.500. The number of carbonyl (C=O) groups is 2. The van der Waals surface area contributed by atoms with E-state index in [1.165, 1.54) is 0 Å². The Morgan fingerprint density at radius 3 is 2.73 bits per heavy atom. The van der Waals surface area contributed by atoms with E-state index in [2.05, 4.69) is 18.3 Å². The van der Waals surface area contributed by atoms with E-state index < -0.39 is 0 Å². The van der Waals surface area contributed by atoms with Gasteiger partial charge in [0.2, 0.25) is 11.8 Å². The first-order chi connectivity index (χ1) is 12.5. The van der Waals surface area contributed by atoms with Gasteiger partial charge in [0.25, 0.3) is 0 Å². The van der Waals surface area contributed by atoms with E-state index in [1.807, 2.05) is 17.0 Å². The van der Waals surface area contributed by atoms with Gasteiger partial charge in [-0.25, -0.2) is 0 Å². The lowest BCUT2D eigenvalue weighted by Crippen LogP contribution is -2.41. The molecule has 2 rings (SSSR count). The van der Waals surface area contributed by atoms with Crippen molar-refractivity contribution in [3.63, 3.8) is 0 Å². The molecule has 0 saturated heterocycles. The number of likely N-dealkylation sites (N-methyl/N-ethyl adjacent to an activating group) is 1. The summed E-state index contributed by atoms with van der Waals surface area (Å²) in [7, 11) is 3.37. The molecule has 1 aliphatic carbocycles. The first-order valence-electron chi connectivity index (χ1n) is 9.15. The molecule has 142 valence electrons. The Hall–Kier alpha value is -2.34. The van der Waals surface area contributed by atoms with Gasteiger partial charge < -0.3 is 15.0 Å². The van der Waals surface area contributed by atoms with Crippen LogP contribution in [0.1, 0.15) is 32.6 Å². The summed E-state index contributed by atoms with van der Waals surface area (Å²) in [4.78, 5) is 28.5. The van der Waals surface area contributed by atoms with Crippen LogP contribution in [0.2, 0.25) is 0 Å². The third-order valence-corrected chi connectivity index (χ3v) is 4.28. The quantitative estimate of drug-likeness (QED) is 0.736. The van der Waals surface area contributed by atoms with E-state index in [0.29, 0.717) is 11.4 Å². The highest BCUT2D eigenvalue weighted by Gasteiger charge is 2.21. The molecule has 1 aromatic rings. The number of rotatable bonds is 9. The molecular formula is C20H29N3O3. The molecule has 0 heterocycles. The third-order valence-electron chi connectivity index (χ3n) is 4.28. The molecule has 0 unspecified atom stereocenters. The number of nitrogens with zero attached hydrogens (tertiary/aromatic N) is 2. The van der Waals surface area contributed by atoms with Crippen molar-refractivity contribution in [1.82, 2.24) is 9.80 Å². The number of hydrogen-bond acceptors (Lipinski definition) is 4. The number of allylic oxidation sites excluding steroid dienone is 2. The molecule has 6 nitrogen and oxygen atoms in total. The zero-order chi connectivity index (χ0) is 18.9. The molecule has 6 heteroatoms. The average molecular weight is 359 g/mol. The van der Waals surface area contributed by atoms with E-state index >= 15 is 0 Å². The van der Waals surface area contributed by atoms with Gasteiger partial charge in [0, 0.05) is 24.0 Å². The number of anilines is 1. The van der Waals surface area contributed by atoms with Gasteiger partial charge in [0.1, 0.15) is 5.75 Å². The Balaban J connectivity index is 1.86. The first-order valence-corrected chi connectivity index (χ1v) is 9.15. The number of nitrogens with one attached hydrogen (secondary N) is 1. The van der Waals surface area contributed by atoms with Crippen molar-refractivity contribution in [2.24, 2.45) is 0 Å². The zero-order valence-electron chi connectivity index (χ0n) is 16.0. The van der Waals surface area contributed by atoms with Gasteiger partial charge in [-0.15, -0.1) is 0 Å². The van der Waals surface area contributed by atoms with Crippen LogP contribution in [-0.2, 0) is 9.59 Å². The third kappa shape index (κ3) is 5.88. The smallest absolute Gasteiger partial charge is 0.240 e. The van der Waals surface area contributed by atoms with Crippen LogP contribution < -0.4 is 10.1 Å². The van der Waals surface area contributed by atoms with Gasteiger partial charge in [-0.1, -0.05) is 19.1 Å². The van der Waals surface area contributed by atoms with Crippen molar-refractivity contribution in [2.45, 2.75) is 32.6 Å². The molecule has 1 aliphatic rings. The zero-order valence-corrected chi connectivity index (χ0v) is 16.0. The Kier molecular flexibility index (Phi) is 7.66. The van der Waals surface area contributed by atoms with Crippen molar-refractivity contribution >= 4 is 17.5 Å². The molecule has 0 bridgehead atoms. The predicted molar refractivity (Wildman–Crippen MR) is 103 cm³/mol. The summed E-state index contributed by atoms with van der Waals surface area (Å²) < 4.78 is 5.15. The number of methoxy groups -OCH3 is 1. The highest BCUT2D eigenvalue weighted by molar-refractivity contribution is 5.92. The second kappa shape index (κ2) is 9.97. The summed E-state index contributed by atoms with van der Waals surface area (Å²) in [6.45, 7) is 3.18. The molecule has 2 amide bonds. The largest absolute Gasteiger partial charge is 0.497 e. The second-order valence-corrected chi connectivity index (χ2v) is 6.59. The van der Waals surface area contributed by atoms with E-state index in [4.69, 9.17) is 4.74 Å². The monoisotopic (exact) mass is 359 g/mol. The van der Waals surface area contributed by atoms with Crippen LogP contribution in [0.5, 0.6) is 5.75 Å². The molecule has 1 N–H and O–H groups in total. The Bertz CT molecular complexity index is 657. The van der Waals surface area contributed by atoms with Crippen LogP contribution in [0, 0.1) is 0 Å². The van der Waals surface area contributed by atoms with E-state index in [9.17, 15) is 9.59 Å². The maximum atomic E-state index is 12.6. The Labute approximate surface area is 155 Å². The molecule has 0 atom stereocenters. The lowest BCUT2D eigenvalue weighted by Gasteiger charge is -2.26. The number of hydrogen-bond donors (Lipinski definition) is 1. The SMILES string of the molecule is CCCN(C(=O)CN(C)CC(=O)Nc1cccc(OC)c1)C1=CCCC1. The minimum atomic E-state index is -0.157. The van der Waals surface area contributed by atoms with Crippen LogP contribution in [0.3, 0.4) is 0 Å². The molecule has 0 saturated carbocycles. The van der Waals surface area contributed by atoms with Crippen LogP contribution in [-0.4, -0.2) is 55.4 Å². The Morgan fingerprint density at radius 1 is 1.27 bits per heavy atom. The van der Waals surface area contributed by atoms with Gasteiger partial charge in [0.05, 0.1) is 20.2 Å². The summed E-state index contributed by atoms with van der Waals surface area (Å²) in [6.07, 6.45) is 6.20. The second-order valence-electron chi connectivity index (χ2n) is 6.59. The predicted octanol–water partition coefficient (Wildman–Crippen LogP) is 2.87. The normalized spacial score (nSPS) is 13.5. The molecule has 1 aromatic carbocycles. The van der Waals surface area contributed by atoms with Crippen molar-refractivity contribution in [3.8, 4) is 5.75 Å². The van der Waals surface area contributed by atoms with Gasteiger partial charge in [-0.3, -0.25) is 14.5 Å². The van der Waals surface area contributed by atoms with Crippen LogP contribution in [0.4, 0.5) is 5.69 Å². The van der Waals surface area contributed by atoms with Crippen LogP contribution >= 0.6 is 0 Å². The molecule has 0 aliphatic heterocycles. The fourth-order valence-corrected chi connectivity index (χ4v) is 3.07. The number of benzene rings is 1. The highest BCUT2D eigenvalue weighted by atomic mass is 16.5. The lowest BCUT2D eigenvalue weighted by molar-refractivity contribution is -0.130. The van der Waals surface area contributed by atoms with E-state index in [0.717, 1.165) is 37.9 Å². The summed E-state index contributed by atoms with van der Waals surface area (Å²) in [6, 6.07) is 7.21. The van der Waals surface area contributed by atoms with E-state index in [1.54, 1.807) is 31.2 Å². The van der Waals surface area contributed by atoms with Gasteiger partial charge >= 0.3 is 0 Å². The topological polar surface area (TPSA) is 61.9 Å².